The van der Waals surface area contributed by atoms with Gasteiger partial charge in [0.15, 0.2) is 0 Å². The first-order valence-electron chi connectivity index (χ1n) is 9.12. The molecule has 7 N–H and O–H groups in total. The maximum absolute atomic E-state index is 12.7. The molecule has 0 aromatic heterocycles. The van der Waals surface area contributed by atoms with Crippen molar-refractivity contribution in [3.8, 4) is 0 Å². The predicted molar refractivity (Wildman–Crippen MR) is 102 cm³/mol. The molecule has 1 amide bonds. The summed E-state index contributed by atoms with van der Waals surface area (Å²) in [5, 5.41) is 27.5. The molecule has 0 radical (unpaired) electrons. The summed E-state index contributed by atoms with van der Waals surface area (Å²) >= 11 is 0. The van der Waals surface area contributed by atoms with Crippen LogP contribution in [0.4, 0.5) is 0 Å². The average molecular weight is 377 g/mol. The lowest BCUT2D eigenvalue weighted by Gasteiger charge is -2.25. The van der Waals surface area contributed by atoms with Crippen LogP contribution in [0.3, 0.4) is 0 Å². The highest BCUT2D eigenvalue weighted by molar-refractivity contribution is 6.40. The highest BCUT2D eigenvalue weighted by atomic mass is 16.4. The van der Waals surface area contributed by atoms with Crippen molar-refractivity contribution in [1.82, 2.24) is 4.90 Å². The zero-order valence-electron chi connectivity index (χ0n) is 15.5. The van der Waals surface area contributed by atoms with Crippen molar-refractivity contribution in [3.63, 3.8) is 0 Å². The van der Waals surface area contributed by atoms with Crippen LogP contribution in [0.2, 0.25) is 6.32 Å². The molecule has 0 aliphatic carbocycles. The second-order valence-corrected chi connectivity index (χ2v) is 7.47. The summed E-state index contributed by atoms with van der Waals surface area (Å²) in [6.45, 7) is 2.07. The third kappa shape index (κ3) is 5.29. The van der Waals surface area contributed by atoms with Gasteiger partial charge in [-0.25, -0.2) is 0 Å². The van der Waals surface area contributed by atoms with Crippen molar-refractivity contribution >= 4 is 19.0 Å². The summed E-state index contributed by atoms with van der Waals surface area (Å²) in [6, 6.07) is 6.95. The number of amides is 1. The predicted octanol–water partition coefficient (Wildman–Crippen LogP) is -0.642. The number of aliphatic carboxylic acids is 1. The Morgan fingerprint density at radius 2 is 1.96 bits per heavy atom. The van der Waals surface area contributed by atoms with Crippen LogP contribution in [0.15, 0.2) is 24.3 Å². The van der Waals surface area contributed by atoms with Gasteiger partial charge in [-0.3, -0.25) is 9.59 Å². The molecular formula is C18H28BN3O5. The summed E-state index contributed by atoms with van der Waals surface area (Å²) < 4.78 is 0. The van der Waals surface area contributed by atoms with Crippen molar-refractivity contribution in [2.75, 3.05) is 13.1 Å². The van der Waals surface area contributed by atoms with Gasteiger partial charge in [-0.15, -0.1) is 0 Å². The largest absolute Gasteiger partial charge is 0.480 e. The van der Waals surface area contributed by atoms with Gasteiger partial charge in [-0.05, 0) is 31.6 Å². The molecule has 9 heteroatoms. The Morgan fingerprint density at radius 1 is 1.33 bits per heavy atom. The number of likely N-dealkylation sites (tertiary alicyclic amines) is 1. The Hall–Kier alpha value is -1.94. The molecule has 1 aliphatic heterocycles. The van der Waals surface area contributed by atoms with Crippen molar-refractivity contribution in [2.24, 2.45) is 17.4 Å². The molecule has 0 spiro atoms. The van der Waals surface area contributed by atoms with Gasteiger partial charge in [-0.2, -0.15) is 0 Å². The van der Waals surface area contributed by atoms with E-state index in [4.69, 9.17) is 21.5 Å². The van der Waals surface area contributed by atoms with E-state index in [0.717, 1.165) is 11.1 Å². The summed E-state index contributed by atoms with van der Waals surface area (Å²) in [5.41, 5.74) is 12.7. The van der Waals surface area contributed by atoms with Gasteiger partial charge in [0.2, 0.25) is 5.91 Å². The highest BCUT2D eigenvalue weighted by Crippen LogP contribution is 2.31. The minimum Gasteiger partial charge on any atom is -0.480 e. The number of benzene rings is 1. The number of carbonyl (C=O) groups is 2. The molecular weight excluding hydrogens is 349 g/mol. The van der Waals surface area contributed by atoms with Gasteiger partial charge in [0.05, 0.1) is 6.04 Å². The number of carboxylic acids is 1. The zero-order chi connectivity index (χ0) is 20.2. The van der Waals surface area contributed by atoms with Crippen LogP contribution in [0, 0.1) is 12.8 Å². The maximum atomic E-state index is 12.7. The van der Waals surface area contributed by atoms with Crippen LogP contribution in [0.1, 0.15) is 24.0 Å². The molecule has 1 aliphatic rings. The minimum absolute atomic E-state index is 0.102. The number of aryl methyl sites for hydroxylation is 1. The van der Waals surface area contributed by atoms with Crippen LogP contribution in [-0.4, -0.2) is 63.7 Å². The number of rotatable bonds is 8. The second-order valence-electron chi connectivity index (χ2n) is 7.47. The molecule has 1 unspecified atom stereocenters. The van der Waals surface area contributed by atoms with Crippen LogP contribution >= 0.6 is 0 Å². The number of nitrogens with zero attached hydrogens (tertiary/aromatic N) is 1. The summed E-state index contributed by atoms with van der Waals surface area (Å²) in [4.78, 5) is 25.8. The van der Waals surface area contributed by atoms with E-state index in [2.05, 4.69) is 0 Å². The monoisotopic (exact) mass is 377 g/mol. The molecule has 1 saturated heterocycles. The van der Waals surface area contributed by atoms with E-state index >= 15 is 0 Å². The Bertz CT molecular complexity index is 669. The van der Waals surface area contributed by atoms with E-state index in [1.54, 1.807) is 0 Å². The summed E-state index contributed by atoms with van der Waals surface area (Å²) in [6.07, 6.45) is 1.29. The van der Waals surface area contributed by atoms with Gasteiger partial charge >= 0.3 is 13.1 Å². The molecule has 1 aromatic rings. The maximum Gasteiger partial charge on any atom is 0.451 e. The number of carbonyl (C=O) groups excluding carboxylic acids is 1. The van der Waals surface area contributed by atoms with Crippen molar-refractivity contribution < 1.29 is 24.7 Å². The highest BCUT2D eigenvalue weighted by Gasteiger charge is 2.50. The Kier molecular flexibility index (Phi) is 6.99. The molecule has 3 atom stereocenters. The standard InChI is InChI=1S/C18H28BN3O5/c1-12-4-6-13(7-5-12)9-15(20)16(23)22-10-14(3-2-8-19(26)27)18(21,11-22)17(24)25/h4-7,14-15,26-27H,2-3,8-11,20-21H2,1H3,(H,24,25)/t14-,15?,18-/m0/s1. The first-order valence-corrected chi connectivity index (χ1v) is 9.12. The fraction of sp³-hybridized carbons (Fsp3) is 0.556. The van der Waals surface area contributed by atoms with E-state index in [1.807, 2.05) is 31.2 Å². The van der Waals surface area contributed by atoms with Crippen LogP contribution in [-0.2, 0) is 16.0 Å². The zero-order valence-corrected chi connectivity index (χ0v) is 15.5. The SMILES string of the molecule is Cc1ccc(CC(N)C(=O)N2C[C@H](CCCB(O)O)[C@](N)(C(=O)O)C2)cc1. The Morgan fingerprint density at radius 3 is 2.52 bits per heavy atom. The smallest absolute Gasteiger partial charge is 0.451 e. The fourth-order valence-electron chi connectivity index (χ4n) is 3.54. The lowest BCUT2D eigenvalue weighted by Crippen LogP contribution is -2.55. The van der Waals surface area contributed by atoms with Gasteiger partial charge < -0.3 is 31.5 Å². The molecule has 148 valence electrons. The lowest BCUT2D eigenvalue weighted by molar-refractivity contribution is -0.144. The molecule has 0 saturated carbocycles. The first-order chi connectivity index (χ1) is 12.6. The van der Waals surface area contributed by atoms with E-state index < -0.39 is 30.6 Å². The van der Waals surface area contributed by atoms with Crippen molar-refractivity contribution in [1.29, 1.82) is 0 Å². The Labute approximate surface area is 159 Å². The van der Waals surface area contributed by atoms with E-state index in [-0.39, 0.29) is 25.3 Å². The number of hydrogen-bond donors (Lipinski definition) is 5. The van der Waals surface area contributed by atoms with E-state index in [1.165, 1.54) is 4.90 Å². The van der Waals surface area contributed by atoms with Gasteiger partial charge in [0.1, 0.15) is 5.54 Å². The second kappa shape index (κ2) is 8.84. The topological polar surface area (TPSA) is 150 Å². The molecule has 2 rings (SSSR count). The van der Waals surface area contributed by atoms with E-state index in [0.29, 0.717) is 19.3 Å². The van der Waals surface area contributed by atoms with E-state index in [9.17, 15) is 14.7 Å². The average Bonchev–Trinajstić information content (AvgIpc) is 2.94. The van der Waals surface area contributed by atoms with Gasteiger partial charge in [0.25, 0.3) is 0 Å². The number of hydrogen-bond acceptors (Lipinski definition) is 6. The molecule has 27 heavy (non-hydrogen) atoms. The third-order valence-electron chi connectivity index (χ3n) is 5.24. The first kappa shape index (κ1) is 21.4. The molecule has 8 nitrogen and oxygen atoms in total. The summed E-state index contributed by atoms with van der Waals surface area (Å²) in [5.74, 6) is -1.96. The van der Waals surface area contributed by atoms with Crippen LogP contribution in [0.5, 0.6) is 0 Å². The molecule has 1 aromatic carbocycles. The minimum atomic E-state index is -1.56. The lowest BCUT2D eigenvalue weighted by atomic mass is 9.78. The van der Waals surface area contributed by atoms with Gasteiger partial charge in [0, 0.05) is 19.0 Å². The normalized spacial score (nSPS) is 23.3. The Balaban J connectivity index is 2.02. The number of carboxylic acid groups (broad SMARTS) is 1. The van der Waals surface area contributed by atoms with Crippen LogP contribution in [0.25, 0.3) is 0 Å². The molecule has 0 bridgehead atoms. The van der Waals surface area contributed by atoms with Crippen LogP contribution < -0.4 is 11.5 Å². The summed E-state index contributed by atoms with van der Waals surface area (Å²) in [7, 11) is -1.44. The third-order valence-corrected chi connectivity index (χ3v) is 5.24. The quantitative estimate of drug-likeness (QED) is 0.378. The van der Waals surface area contributed by atoms with Crippen molar-refractivity contribution in [3.05, 3.63) is 35.4 Å². The van der Waals surface area contributed by atoms with Gasteiger partial charge in [-0.1, -0.05) is 36.2 Å². The fourth-order valence-corrected chi connectivity index (χ4v) is 3.54. The number of nitrogens with two attached hydrogens (primary N) is 2. The molecule has 1 fully saturated rings. The van der Waals surface area contributed by atoms with Crippen molar-refractivity contribution in [2.45, 2.75) is 44.1 Å². The molecule has 1 heterocycles.